The fourth-order valence-corrected chi connectivity index (χ4v) is 2.30. The minimum Gasteiger partial charge on any atom is -0.280 e. The van der Waals surface area contributed by atoms with Gasteiger partial charge in [0.1, 0.15) is 0 Å². The summed E-state index contributed by atoms with van der Waals surface area (Å²) in [5, 5.41) is 0.861. The lowest BCUT2D eigenvalue weighted by atomic mass is 10.0. The van der Waals surface area contributed by atoms with E-state index in [1.807, 2.05) is 24.3 Å². The lowest BCUT2D eigenvalue weighted by Crippen LogP contribution is -2.19. The molecule has 0 spiro atoms. The molecular formula is C11H11Cl2N. The van der Waals surface area contributed by atoms with Gasteiger partial charge in [0.2, 0.25) is 0 Å². The summed E-state index contributed by atoms with van der Waals surface area (Å²) >= 11 is 12.4. The highest BCUT2D eigenvalue weighted by Crippen LogP contribution is 2.38. The second kappa shape index (κ2) is 3.84. The van der Waals surface area contributed by atoms with Gasteiger partial charge in [0.25, 0.3) is 0 Å². The van der Waals surface area contributed by atoms with Crippen molar-refractivity contribution in [3.05, 3.63) is 35.4 Å². The third-order valence-corrected chi connectivity index (χ3v) is 3.24. The summed E-state index contributed by atoms with van der Waals surface area (Å²) in [6.07, 6.45) is 0.941. The van der Waals surface area contributed by atoms with E-state index in [2.05, 4.69) is 6.92 Å². The summed E-state index contributed by atoms with van der Waals surface area (Å²) in [6, 6.07) is 7.93. The van der Waals surface area contributed by atoms with Crippen LogP contribution in [-0.2, 0) is 0 Å². The lowest BCUT2D eigenvalue weighted by molar-refractivity contribution is 0.992. The molecule has 0 fully saturated rings. The Morgan fingerprint density at radius 1 is 1.36 bits per heavy atom. The molecule has 1 aliphatic rings. The number of hydrogen-bond acceptors (Lipinski definition) is 1. The first-order chi connectivity index (χ1) is 6.74. The molecule has 3 heteroatoms. The van der Waals surface area contributed by atoms with Gasteiger partial charge < -0.3 is 0 Å². The molecule has 0 aliphatic carbocycles. The van der Waals surface area contributed by atoms with Gasteiger partial charge in [-0.2, -0.15) is 0 Å². The van der Waals surface area contributed by atoms with Gasteiger partial charge in [-0.05, 0) is 18.1 Å². The highest BCUT2D eigenvalue weighted by molar-refractivity contribution is 6.50. The van der Waals surface area contributed by atoms with Gasteiger partial charge in [0.15, 0.2) is 0 Å². The van der Waals surface area contributed by atoms with Gasteiger partial charge in [-0.1, -0.05) is 36.7 Å². The normalized spacial score (nSPS) is 15.8. The number of benzene rings is 1. The SMILES string of the molecule is CCC1=C(Cl)c2ccccc2N(Cl)C1. The van der Waals surface area contributed by atoms with Crippen molar-refractivity contribution in [2.75, 3.05) is 11.0 Å². The molecule has 0 N–H and O–H groups in total. The number of anilines is 1. The van der Waals surface area contributed by atoms with E-state index in [0.29, 0.717) is 6.54 Å². The number of para-hydroxylation sites is 1. The van der Waals surface area contributed by atoms with Gasteiger partial charge in [-0.25, -0.2) is 0 Å². The van der Waals surface area contributed by atoms with Gasteiger partial charge >= 0.3 is 0 Å². The van der Waals surface area contributed by atoms with Crippen molar-refractivity contribution in [2.45, 2.75) is 13.3 Å². The summed E-state index contributed by atoms with van der Waals surface area (Å²) in [5.41, 5.74) is 3.23. The molecule has 0 saturated heterocycles. The fourth-order valence-electron chi connectivity index (χ4n) is 1.65. The predicted molar refractivity (Wildman–Crippen MR) is 62.7 cm³/mol. The van der Waals surface area contributed by atoms with Crippen molar-refractivity contribution in [3.8, 4) is 0 Å². The summed E-state index contributed by atoms with van der Waals surface area (Å²) < 4.78 is 1.72. The van der Waals surface area contributed by atoms with E-state index in [0.717, 1.165) is 22.7 Å². The Bertz CT molecular complexity index is 385. The summed E-state index contributed by atoms with van der Waals surface area (Å²) in [5.74, 6) is 0. The van der Waals surface area contributed by atoms with E-state index in [9.17, 15) is 0 Å². The van der Waals surface area contributed by atoms with Crippen molar-refractivity contribution in [2.24, 2.45) is 0 Å². The smallest absolute Gasteiger partial charge is 0.0614 e. The van der Waals surface area contributed by atoms with Crippen LogP contribution in [0.4, 0.5) is 5.69 Å². The molecule has 0 bridgehead atoms. The molecule has 1 aliphatic heterocycles. The Labute approximate surface area is 94.0 Å². The minimum absolute atomic E-state index is 0.716. The fraction of sp³-hybridized carbons (Fsp3) is 0.273. The first-order valence-electron chi connectivity index (χ1n) is 4.64. The van der Waals surface area contributed by atoms with E-state index in [1.54, 1.807) is 4.42 Å². The van der Waals surface area contributed by atoms with Crippen LogP contribution in [0.5, 0.6) is 0 Å². The third-order valence-electron chi connectivity index (χ3n) is 2.47. The molecule has 0 saturated carbocycles. The zero-order chi connectivity index (χ0) is 10.1. The molecular weight excluding hydrogens is 217 g/mol. The van der Waals surface area contributed by atoms with Crippen LogP contribution in [0.25, 0.3) is 5.03 Å². The van der Waals surface area contributed by atoms with Crippen LogP contribution in [0, 0.1) is 0 Å². The van der Waals surface area contributed by atoms with E-state index < -0.39 is 0 Å². The van der Waals surface area contributed by atoms with Crippen LogP contribution < -0.4 is 4.42 Å². The lowest BCUT2D eigenvalue weighted by Gasteiger charge is -2.26. The Morgan fingerprint density at radius 3 is 2.79 bits per heavy atom. The summed E-state index contributed by atoms with van der Waals surface area (Å²) in [6.45, 7) is 2.81. The van der Waals surface area contributed by atoms with E-state index in [4.69, 9.17) is 23.4 Å². The monoisotopic (exact) mass is 227 g/mol. The standard InChI is InChI=1S/C11H11Cl2N/c1-2-8-7-14(13)10-6-4-3-5-9(10)11(8)12/h3-6H,2,7H2,1H3. The number of rotatable bonds is 1. The van der Waals surface area contributed by atoms with Crippen molar-refractivity contribution in [3.63, 3.8) is 0 Å². The molecule has 0 atom stereocenters. The maximum Gasteiger partial charge on any atom is 0.0614 e. The maximum absolute atomic E-state index is 6.27. The van der Waals surface area contributed by atoms with E-state index >= 15 is 0 Å². The largest absolute Gasteiger partial charge is 0.280 e. The van der Waals surface area contributed by atoms with Crippen LogP contribution in [0.2, 0.25) is 0 Å². The molecule has 2 rings (SSSR count). The average molecular weight is 228 g/mol. The Morgan fingerprint density at radius 2 is 2.07 bits per heavy atom. The van der Waals surface area contributed by atoms with Gasteiger partial charge in [-0.15, -0.1) is 0 Å². The molecule has 1 aromatic carbocycles. The molecule has 1 aromatic rings. The second-order valence-corrected chi connectivity index (χ2v) is 4.09. The molecule has 1 heterocycles. The van der Waals surface area contributed by atoms with Crippen LogP contribution in [0.3, 0.4) is 0 Å². The van der Waals surface area contributed by atoms with Crippen LogP contribution in [0.15, 0.2) is 29.8 Å². The van der Waals surface area contributed by atoms with Gasteiger partial charge in [0, 0.05) is 17.3 Å². The zero-order valence-electron chi connectivity index (χ0n) is 7.93. The molecule has 0 unspecified atom stereocenters. The summed E-state index contributed by atoms with van der Waals surface area (Å²) in [4.78, 5) is 0. The van der Waals surface area contributed by atoms with Gasteiger partial charge in [-0.3, -0.25) is 4.42 Å². The quantitative estimate of drug-likeness (QED) is 0.656. The van der Waals surface area contributed by atoms with Crippen LogP contribution in [-0.4, -0.2) is 6.54 Å². The Balaban J connectivity index is 2.57. The van der Waals surface area contributed by atoms with Gasteiger partial charge in [0.05, 0.1) is 17.3 Å². The third kappa shape index (κ3) is 1.51. The Kier molecular flexibility index (Phi) is 2.71. The van der Waals surface area contributed by atoms with Crippen molar-refractivity contribution in [1.82, 2.24) is 0 Å². The molecule has 0 radical (unpaired) electrons. The maximum atomic E-state index is 6.27. The van der Waals surface area contributed by atoms with Crippen LogP contribution >= 0.6 is 23.4 Å². The molecule has 1 nitrogen and oxygen atoms in total. The number of halogens is 2. The molecule has 0 amide bonds. The number of fused-ring (bicyclic) bond motifs is 1. The van der Waals surface area contributed by atoms with Crippen molar-refractivity contribution < 1.29 is 0 Å². The highest BCUT2D eigenvalue weighted by atomic mass is 35.5. The predicted octanol–water partition coefficient (Wildman–Crippen LogP) is 4.02. The molecule has 0 aromatic heterocycles. The first-order valence-corrected chi connectivity index (χ1v) is 5.36. The van der Waals surface area contributed by atoms with E-state index in [1.165, 1.54) is 5.57 Å². The minimum atomic E-state index is 0.716. The average Bonchev–Trinajstić information content (AvgIpc) is 2.23. The summed E-state index contributed by atoms with van der Waals surface area (Å²) in [7, 11) is 0. The second-order valence-electron chi connectivity index (χ2n) is 3.31. The van der Waals surface area contributed by atoms with Crippen molar-refractivity contribution >= 4 is 34.1 Å². The Hall–Kier alpha value is -0.660. The number of nitrogens with zero attached hydrogens (tertiary/aromatic N) is 1. The first kappa shape index (κ1) is 9.88. The van der Waals surface area contributed by atoms with Crippen molar-refractivity contribution in [1.29, 1.82) is 0 Å². The van der Waals surface area contributed by atoms with E-state index in [-0.39, 0.29) is 0 Å². The highest BCUT2D eigenvalue weighted by Gasteiger charge is 2.20. The topological polar surface area (TPSA) is 3.24 Å². The zero-order valence-corrected chi connectivity index (χ0v) is 9.44. The molecule has 14 heavy (non-hydrogen) atoms. The molecule has 74 valence electrons. The number of hydrogen-bond donors (Lipinski definition) is 0. The van der Waals surface area contributed by atoms with Crippen LogP contribution in [0.1, 0.15) is 18.9 Å².